The molecule has 0 aliphatic heterocycles. The second-order valence-electron chi connectivity index (χ2n) is 12.8. The topological polar surface area (TPSA) is 18.1 Å². The minimum atomic E-state index is 0.939. The summed E-state index contributed by atoms with van der Waals surface area (Å²) in [7, 11) is 0. The van der Waals surface area contributed by atoms with Gasteiger partial charge < -0.3 is 8.98 Å². The molecule has 0 aliphatic rings. The third kappa shape index (κ3) is 3.41. The van der Waals surface area contributed by atoms with E-state index in [1.807, 2.05) is 0 Å². The summed E-state index contributed by atoms with van der Waals surface area (Å²) in [5, 5.41) is 12.4. The van der Waals surface area contributed by atoms with E-state index in [0.29, 0.717) is 0 Å². The van der Waals surface area contributed by atoms with Crippen LogP contribution in [0, 0.1) is 0 Å². The van der Waals surface area contributed by atoms with Crippen LogP contribution in [0.5, 0.6) is 0 Å². The van der Waals surface area contributed by atoms with E-state index in [1.54, 1.807) is 0 Å². The minimum absolute atomic E-state index is 0.939. The van der Waals surface area contributed by atoms with Crippen molar-refractivity contribution < 1.29 is 4.42 Å². The highest BCUT2D eigenvalue weighted by atomic mass is 16.3. The molecule has 222 valence electrons. The normalized spacial score (nSPS) is 12.2. The molecule has 11 rings (SSSR count). The third-order valence-electron chi connectivity index (χ3n) is 10.4. The van der Waals surface area contributed by atoms with Gasteiger partial charge in [-0.05, 0) is 97.0 Å². The van der Waals surface area contributed by atoms with Crippen molar-refractivity contribution in [1.82, 2.24) is 4.57 Å². The van der Waals surface area contributed by atoms with E-state index in [9.17, 15) is 0 Å². The molecule has 0 N–H and O–H groups in total. The van der Waals surface area contributed by atoms with Crippen LogP contribution in [-0.4, -0.2) is 4.57 Å². The predicted octanol–water partition coefficient (Wildman–Crippen LogP) is 12.9. The highest BCUT2D eigenvalue weighted by Gasteiger charge is 2.21. The van der Waals surface area contributed by atoms with Crippen LogP contribution >= 0.6 is 0 Å². The lowest BCUT2D eigenvalue weighted by Crippen LogP contribution is -1.94. The first-order chi connectivity index (χ1) is 23.8. The van der Waals surface area contributed by atoms with Gasteiger partial charge in [0.1, 0.15) is 11.2 Å². The average molecular weight is 610 g/mol. The van der Waals surface area contributed by atoms with E-state index in [2.05, 4.69) is 168 Å². The largest absolute Gasteiger partial charge is 0.456 e. The first-order valence-electron chi connectivity index (χ1n) is 16.5. The maximum absolute atomic E-state index is 6.34. The molecule has 2 heteroatoms. The highest BCUT2D eigenvalue weighted by Crippen LogP contribution is 2.48. The van der Waals surface area contributed by atoms with Crippen LogP contribution in [0.3, 0.4) is 0 Å². The molecule has 0 aliphatic carbocycles. The average Bonchev–Trinajstić information content (AvgIpc) is 3.70. The SMILES string of the molecule is c1cc2ccc3c(-c4c5ccccc5c(-c5ccc(-n6c7ccccc7c7ccccc76)cc5)c5ccccc45)ccc4oc(c1)c2c43. The number of hydrogen-bond acceptors (Lipinski definition) is 1. The Morgan fingerprint density at radius 2 is 0.917 bits per heavy atom. The third-order valence-corrected chi connectivity index (χ3v) is 10.4. The van der Waals surface area contributed by atoms with E-state index in [0.717, 1.165) is 16.9 Å². The Hall–Kier alpha value is -6.38. The van der Waals surface area contributed by atoms with Gasteiger partial charge in [0.25, 0.3) is 0 Å². The number of rotatable bonds is 3. The fourth-order valence-electron chi connectivity index (χ4n) is 8.37. The molecule has 0 bridgehead atoms. The van der Waals surface area contributed by atoms with E-state index in [1.165, 1.54) is 87.1 Å². The van der Waals surface area contributed by atoms with Crippen LogP contribution in [-0.2, 0) is 0 Å². The molecule has 0 radical (unpaired) electrons. The van der Waals surface area contributed by atoms with Gasteiger partial charge in [-0.15, -0.1) is 0 Å². The molecule has 48 heavy (non-hydrogen) atoms. The summed E-state index contributed by atoms with van der Waals surface area (Å²) in [4.78, 5) is 0. The molecule has 9 aromatic carbocycles. The van der Waals surface area contributed by atoms with Crippen LogP contribution in [0.25, 0.3) is 104 Å². The van der Waals surface area contributed by atoms with E-state index >= 15 is 0 Å². The number of hydrogen-bond donors (Lipinski definition) is 0. The molecule has 0 atom stereocenters. The Labute approximate surface area is 276 Å². The number of benzene rings is 9. The molecule has 0 amide bonds. The van der Waals surface area contributed by atoms with E-state index < -0.39 is 0 Å². The van der Waals surface area contributed by atoms with Gasteiger partial charge >= 0.3 is 0 Å². The molecular formula is C46H27NO. The second-order valence-corrected chi connectivity index (χ2v) is 12.8. The Kier molecular flexibility index (Phi) is 5.14. The smallest absolute Gasteiger partial charge is 0.136 e. The Morgan fingerprint density at radius 1 is 0.354 bits per heavy atom. The number of para-hydroxylation sites is 2. The molecule has 0 spiro atoms. The van der Waals surface area contributed by atoms with Gasteiger partial charge in [0.05, 0.1) is 11.0 Å². The lowest BCUT2D eigenvalue weighted by Gasteiger charge is -2.19. The molecular weight excluding hydrogens is 583 g/mol. The van der Waals surface area contributed by atoms with Crippen LogP contribution in [0.4, 0.5) is 0 Å². The molecule has 0 saturated carbocycles. The van der Waals surface area contributed by atoms with Gasteiger partial charge in [0, 0.05) is 27.2 Å². The van der Waals surface area contributed by atoms with Gasteiger partial charge in [-0.25, -0.2) is 0 Å². The first-order valence-corrected chi connectivity index (χ1v) is 16.5. The van der Waals surface area contributed by atoms with Crippen LogP contribution in [0.2, 0.25) is 0 Å². The summed E-state index contributed by atoms with van der Waals surface area (Å²) in [6.07, 6.45) is 0. The zero-order valence-electron chi connectivity index (χ0n) is 25.9. The van der Waals surface area contributed by atoms with Gasteiger partial charge in [0.15, 0.2) is 0 Å². The maximum atomic E-state index is 6.34. The van der Waals surface area contributed by atoms with Gasteiger partial charge in [-0.3, -0.25) is 0 Å². The number of furan rings is 1. The summed E-state index contributed by atoms with van der Waals surface area (Å²) in [5.74, 6) is 0. The van der Waals surface area contributed by atoms with Crippen molar-refractivity contribution in [3.8, 4) is 27.9 Å². The second kappa shape index (κ2) is 9.57. The van der Waals surface area contributed by atoms with E-state index in [4.69, 9.17) is 4.42 Å². The standard InChI is InChI=1S/C46H27NO/c1-3-15-35-33(13-1)43(29-20-23-30(24-21-29)47-39-17-7-5-11-31(39)32-12-6-8-18-40(32)47)34-14-2-4-16-36(34)45(35)37-26-27-42-46-38(37)25-22-28-10-9-19-41(48-42)44(28)46/h1-27H. The quantitative estimate of drug-likeness (QED) is 0.144. The maximum Gasteiger partial charge on any atom is 0.136 e. The molecule has 2 nitrogen and oxygen atoms in total. The summed E-state index contributed by atoms with van der Waals surface area (Å²) < 4.78 is 8.72. The number of fused-ring (bicyclic) bond motifs is 5. The molecule has 2 heterocycles. The lowest BCUT2D eigenvalue weighted by atomic mass is 9.84. The summed E-state index contributed by atoms with van der Waals surface area (Å²) >= 11 is 0. The van der Waals surface area contributed by atoms with E-state index in [-0.39, 0.29) is 0 Å². The van der Waals surface area contributed by atoms with Crippen LogP contribution in [0.1, 0.15) is 0 Å². The fourth-order valence-corrected chi connectivity index (χ4v) is 8.37. The predicted molar refractivity (Wildman–Crippen MR) is 203 cm³/mol. The van der Waals surface area contributed by atoms with Crippen molar-refractivity contribution in [3.05, 3.63) is 164 Å². The Bertz CT molecular complexity index is 2940. The Morgan fingerprint density at radius 3 is 1.56 bits per heavy atom. The summed E-state index contributed by atoms with van der Waals surface area (Å²) in [6.45, 7) is 0. The van der Waals surface area contributed by atoms with Crippen LogP contribution in [0.15, 0.2) is 168 Å². The van der Waals surface area contributed by atoms with Crippen molar-refractivity contribution in [1.29, 1.82) is 0 Å². The molecule has 0 unspecified atom stereocenters. The number of nitrogens with zero attached hydrogens (tertiary/aromatic N) is 1. The fraction of sp³-hybridized carbons (Fsp3) is 0. The zero-order chi connectivity index (χ0) is 31.3. The van der Waals surface area contributed by atoms with Crippen molar-refractivity contribution >= 4 is 76.1 Å². The number of aromatic nitrogens is 1. The molecule has 11 aromatic rings. The lowest BCUT2D eigenvalue weighted by molar-refractivity contribution is 0.669. The van der Waals surface area contributed by atoms with Gasteiger partial charge in [-0.1, -0.05) is 121 Å². The Balaban J connectivity index is 1.17. The minimum Gasteiger partial charge on any atom is -0.456 e. The highest BCUT2D eigenvalue weighted by molar-refractivity contribution is 6.28. The molecule has 0 fully saturated rings. The zero-order valence-corrected chi connectivity index (χ0v) is 25.9. The summed E-state index contributed by atoms with van der Waals surface area (Å²) in [6, 6.07) is 59.6. The molecule has 0 saturated heterocycles. The van der Waals surface area contributed by atoms with Crippen LogP contribution < -0.4 is 0 Å². The monoisotopic (exact) mass is 609 g/mol. The van der Waals surface area contributed by atoms with Crippen molar-refractivity contribution in [2.45, 2.75) is 0 Å². The van der Waals surface area contributed by atoms with Crippen molar-refractivity contribution in [2.75, 3.05) is 0 Å². The first kappa shape index (κ1) is 25.8. The molecule has 2 aromatic heterocycles. The van der Waals surface area contributed by atoms with Crippen molar-refractivity contribution in [2.24, 2.45) is 0 Å². The van der Waals surface area contributed by atoms with Crippen molar-refractivity contribution in [3.63, 3.8) is 0 Å². The van der Waals surface area contributed by atoms with Gasteiger partial charge in [-0.2, -0.15) is 0 Å². The van der Waals surface area contributed by atoms with Gasteiger partial charge in [0.2, 0.25) is 0 Å². The summed E-state index contributed by atoms with van der Waals surface area (Å²) in [5.41, 5.74) is 10.5.